The largest absolute Gasteiger partial charge is 0.497 e. The van der Waals surface area contributed by atoms with Gasteiger partial charge in [-0.25, -0.2) is 0 Å². The molecule has 3 aromatic heterocycles. The van der Waals surface area contributed by atoms with Gasteiger partial charge in [-0.2, -0.15) is 4.98 Å². The molecular formula is C27H26N6O3S. The van der Waals surface area contributed by atoms with Gasteiger partial charge in [0, 0.05) is 24.0 Å². The number of para-hydroxylation sites is 1. The van der Waals surface area contributed by atoms with E-state index in [9.17, 15) is 0 Å². The van der Waals surface area contributed by atoms with Crippen molar-refractivity contribution in [2.24, 2.45) is 0 Å². The minimum atomic E-state index is 0.316. The number of thioether (sulfide) groups is 1. The number of aromatic nitrogens is 6. The van der Waals surface area contributed by atoms with Crippen molar-refractivity contribution >= 4 is 11.8 Å². The van der Waals surface area contributed by atoms with E-state index < -0.39 is 0 Å². The summed E-state index contributed by atoms with van der Waals surface area (Å²) in [5.41, 5.74) is 3.82. The van der Waals surface area contributed by atoms with Gasteiger partial charge >= 0.3 is 0 Å². The third kappa shape index (κ3) is 5.05. The van der Waals surface area contributed by atoms with E-state index in [2.05, 4.69) is 55.9 Å². The standard InChI is InChI=1S/C27H26N6O3S/c1-17(2)20-9-5-6-10-22(20)33-26(18-8-7-13-28-15-18)30-31-27(33)37-16-24-29-25(32-36-24)21-12-11-19(34-3)14-23(21)35-4/h5-15,17H,16H2,1-4H3. The van der Waals surface area contributed by atoms with Crippen molar-refractivity contribution in [3.63, 3.8) is 0 Å². The molecule has 0 saturated heterocycles. The second-order valence-corrected chi connectivity index (χ2v) is 9.41. The fourth-order valence-electron chi connectivity index (χ4n) is 3.97. The van der Waals surface area contributed by atoms with Gasteiger partial charge in [-0.1, -0.05) is 49.0 Å². The number of rotatable bonds is 9. The lowest BCUT2D eigenvalue weighted by atomic mass is 10.0. The minimum absolute atomic E-state index is 0.316. The Morgan fingerprint density at radius 2 is 1.86 bits per heavy atom. The number of methoxy groups -OCH3 is 2. The molecule has 188 valence electrons. The smallest absolute Gasteiger partial charge is 0.237 e. The van der Waals surface area contributed by atoms with Crippen LogP contribution in [-0.4, -0.2) is 44.1 Å². The maximum atomic E-state index is 5.56. The Hall–Kier alpha value is -4.18. The molecule has 0 radical (unpaired) electrons. The van der Waals surface area contributed by atoms with Gasteiger partial charge in [-0.05, 0) is 41.8 Å². The minimum Gasteiger partial charge on any atom is -0.497 e. The molecule has 0 bridgehead atoms. The zero-order valence-corrected chi connectivity index (χ0v) is 21.8. The zero-order valence-electron chi connectivity index (χ0n) is 21.0. The Morgan fingerprint density at radius 3 is 2.62 bits per heavy atom. The maximum absolute atomic E-state index is 5.56. The van der Waals surface area contributed by atoms with Crippen LogP contribution in [0, 0.1) is 0 Å². The summed E-state index contributed by atoms with van der Waals surface area (Å²) in [6.45, 7) is 4.35. The van der Waals surface area contributed by atoms with Gasteiger partial charge in [-0.3, -0.25) is 9.55 Å². The van der Waals surface area contributed by atoms with Crippen LogP contribution in [0.25, 0.3) is 28.5 Å². The van der Waals surface area contributed by atoms with Crippen molar-refractivity contribution in [1.29, 1.82) is 0 Å². The van der Waals surface area contributed by atoms with E-state index in [1.54, 1.807) is 32.7 Å². The first kappa shape index (κ1) is 24.5. The molecule has 0 spiro atoms. The summed E-state index contributed by atoms with van der Waals surface area (Å²) in [6, 6.07) is 17.6. The van der Waals surface area contributed by atoms with Crippen LogP contribution < -0.4 is 9.47 Å². The molecule has 10 heteroatoms. The average Bonchev–Trinajstić information content (AvgIpc) is 3.59. The highest BCUT2D eigenvalue weighted by Crippen LogP contribution is 2.34. The Labute approximate surface area is 218 Å². The van der Waals surface area contributed by atoms with E-state index >= 15 is 0 Å². The Kier molecular flexibility index (Phi) is 7.18. The van der Waals surface area contributed by atoms with Gasteiger partial charge in [0.25, 0.3) is 0 Å². The molecule has 3 heterocycles. The zero-order chi connectivity index (χ0) is 25.8. The number of hydrogen-bond acceptors (Lipinski definition) is 9. The maximum Gasteiger partial charge on any atom is 0.237 e. The SMILES string of the molecule is COc1ccc(-c2noc(CSc3nnc(-c4cccnc4)n3-c3ccccc3C(C)C)n2)c(OC)c1. The van der Waals surface area contributed by atoms with Gasteiger partial charge < -0.3 is 14.0 Å². The first-order valence-electron chi connectivity index (χ1n) is 11.7. The van der Waals surface area contributed by atoms with Gasteiger partial charge in [0.1, 0.15) is 11.5 Å². The Morgan fingerprint density at radius 1 is 1.00 bits per heavy atom. The summed E-state index contributed by atoms with van der Waals surface area (Å²) in [7, 11) is 3.20. The molecule has 0 N–H and O–H groups in total. The van der Waals surface area contributed by atoms with Crippen LogP contribution in [0.4, 0.5) is 0 Å². The fraction of sp³-hybridized carbons (Fsp3) is 0.222. The predicted molar refractivity (Wildman–Crippen MR) is 141 cm³/mol. The van der Waals surface area contributed by atoms with Gasteiger partial charge in [0.2, 0.25) is 11.7 Å². The van der Waals surface area contributed by atoms with Crippen molar-refractivity contribution in [3.8, 4) is 40.0 Å². The quantitative estimate of drug-likeness (QED) is 0.225. The van der Waals surface area contributed by atoms with Crippen LogP contribution in [0.2, 0.25) is 0 Å². The molecule has 5 aromatic rings. The predicted octanol–water partition coefficient (Wildman–Crippen LogP) is 5.81. The van der Waals surface area contributed by atoms with Crippen molar-refractivity contribution in [2.75, 3.05) is 14.2 Å². The second-order valence-electron chi connectivity index (χ2n) is 8.46. The van der Waals surface area contributed by atoms with E-state index in [1.165, 1.54) is 17.3 Å². The van der Waals surface area contributed by atoms with Crippen LogP contribution in [0.15, 0.2) is 76.7 Å². The van der Waals surface area contributed by atoms with Crippen molar-refractivity contribution in [3.05, 3.63) is 78.4 Å². The van der Waals surface area contributed by atoms with Crippen molar-refractivity contribution < 1.29 is 14.0 Å². The summed E-state index contributed by atoms with van der Waals surface area (Å²) in [5, 5.41) is 13.9. The molecule has 0 saturated carbocycles. The number of benzene rings is 2. The molecule has 0 aliphatic carbocycles. The third-order valence-corrected chi connectivity index (χ3v) is 6.71. The lowest BCUT2D eigenvalue weighted by Gasteiger charge is -2.16. The molecular weight excluding hydrogens is 488 g/mol. The van der Waals surface area contributed by atoms with E-state index in [4.69, 9.17) is 14.0 Å². The van der Waals surface area contributed by atoms with Crippen LogP contribution in [0.3, 0.4) is 0 Å². The van der Waals surface area contributed by atoms with Crippen molar-refractivity contribution in [2.45, 2.75) is 30.7 Å². The number of hydrogen-bond donors (Lipinski definition) is 0. The summed E-state index contributed by atoms with van der Waals surface area (Å²) in [4.78, 5) is 8.86. The van der Waals surface area contributed by atoms with E-state index in [1.807, 2.05) is 36.4 Å². The molecule has 0 aliphatic heterocycles. The van der Waals surface area contributed by atoms with Crippen LogP contribution >= 0.6 is 11.8 Å². The second kappa shape index (κ2) is 10.8. The highest BCUT2D eigenvalue weighted by Gasteiger charge is 2.21. The van der Waals surface area contributed by atoms with Crippen LogP contribution in [-0.2, 0) is 5.75 Å². The number of pyridine rings is 1. The highest BCUT2D eigenvalue weighted by atomic mass is 32.2. The first-order valence-corrected chi connectivity index (χ1v) is 12.7. The van der Waals surface area contributed by atoms with Crippen molar-refractivity contribution in [1.82, 2.24) is 29.9 Å². The van der Waals surface area contributed by atoms with Crippen LogP contribution in [0.1, 0.15) is 31.2 Å². The number of nitrogens with zero attached hydrogens (tertiary/aromatic N) is 6. The molecule has 9 nitrogen and oxygen atoms in total. The van der Waals surface area contributed by atoms with Gasteiger partial charge in [-0.15, -0.1) is 10.2 Å². The molecule has 0 aliphatic rings. The third-order valence-electron chi connectivity index (χ3n) is 5.80. The summed E-state index contributed by atoms with van der Waals surface area (Å²) < 4.78 is 18.4. The van der Waals surface area contributed by atoms with Gasteiger partial charge in [0.05, 0.1) is 31.2 Å². The average molecular weight is 515 g/mol. The molecule has 0 atom stereocenters. The summed E-state index contributed by atoms with van der Waals surface area (Å²) >= 11 is 1.48. The molecule has 37 heavy (non-hydrogen) atoms. The fourth-order valence-corrected chi connectivity index (χ4v) is 4.76. The molecule has 0 unspecified atom stereocenters. The number of ether oxygens (including phenoxy) is 2. The van der Waals surface area contributed by atoms with Crippen LogP contribution in [0.5, 0.6) is 11.5 Å². The monoisotopic (exact) mass is 514 g/mol. The van der Waals surface area contributed by atoms with E-state index in [-0.39, 0.29) is 0 Å². The van der Waals surface area contributed by atoms with E-state index in [0.717, 1.165) is 22.6 Å². The first-order chi connectivity index (χ1) is 18.1. The normalized spacial score (nSPS) is 11.2. The Bertz CT molecular complexity index is 1500. The molecule has 0 fully saturated rings. The highest BCUT2D eigenvalue weighted by molar-refractivity contribution is 7.98. The lowest BCUT2D eigenvalue weighted by Crippen LogP contribution is -2.05. The van der Waals surface area contributed by atoms with E-state index in [0.29, 0.717) is 40.0 Å². The lowest BCUT2D eigenvalue weighted by molar-refractivity contribution is 0.388. The Balaban J connectivity index is 1.47. The topological polar surface area (TPSA) is 101 Å². The molecule has 5 rings (SSSR count). The molecule has 0 amide bonds. The summed E-state index contributed by atoms with van der Waals surface area (Å²) in [5.74, 6) is 3.65. The summed E-state index contributed by atoms with van der Waals surface area (Å²) in [6.07, 6.45) is 3.53. The molecule has 2 aromatic carbocycles. The van der Waals surface area contributed by atoms with Gasteiger partial charge in [0.15, 0.2) is 11.0 Å².